The second-order valence-corrected chi connectivity index (χ2v) is 8.91. The van der Waals surface area contributed by atoms with Gasteiger partial charge in [-0.2, -0.15) is 0 Å². The second kappa shape index (κ2) is 9.14. The zero-order chi connectivity index (χ0) is 22.0. The molecule has 1 saturated heterocycles. The number of benzene rings is 2. The molecule has 6 nitrogen and oxygen atoms in total. The summed E-state index contributed by atoms with van der Waals surface area (Å²) in [5.74, 6) is 0.980. The van der Waals surface area contributed by atoms with Crippen molar-refractivity contribution in [2.24, 2.45) is 0 Å². The Labute approximate surface area is 186 Å². The first-order valence-corrected chi connectivity index (χ1v) is 11.6. The van der Waals surface area contributed by atoms with Crippen LogP contribution in [0.4, 0.5) is 0 Å². The molecule has 0 bridgehead atoms. The van der Waals surface area contributed by atoms with E-state index in [1.807, 2.05) is 41.3 Å². The summed E-state index contributed by atoms with van der Waals surface area (Å²) in [5, 5.41) is 1.04. The van der Waals surface area contributed by atoms with E-state index in [1.54, 1.807) is 23.8 Å². The van der Waals surface area contributed by atoms with Crippen molar-refractivity contribution < 1.29 is 9.53 Å². The summed E-state index contributed by atoms with van der Waals surface area (Å²) >= 11 is 1.31. The molecule has 0 aliphatic carbocycles. The van der Waals surface area contributed by atoms with E-state index in [2.05, 4.69) is 13.8 Å². The first-order valence-electron chi connectivity index (χ1n) is 10.6. The first kappa shape index (κ1) is 21.4. The zero-order valence-electron chi connectivity index (χ0n) is 18.1. The Kier molecular flexibility index (Phi) is 6.32. The number of carbonyl (C=O) groups excluding carboxylic acids is 1. The second-order valence-electron chi connectivity index (χ2n) is 7.97. The Morgan fingerprint density at radius 2 is 1.87 bits per heavy atom. The van der Waals surface area contributed by atoms with Gasteiger partial charge in [-0.25, -0.2) is 4.98 Å². The molecule has 1 amide bonds. The SMILES string of the molecule is COc1cccc(-n2c(SCC(=O)N3C(C)CCCC3C)nc3ccccc3c2=O)c1. The lowest BCUT2D eigenvalue weighted by molar-refractivity contribution is -0.134. The Hall–Kier alpha value is -2.80. The van der Waals surface area contributed by atoms with Gasteiger partial charge in [0.2, 0.25) is 5.91 Å². The van der Waals surface area contributed by atoms with Gasteiger partial charge in [-0.15, -0.1) is 0 Å². The molecule has 2 unspecified atom stereocenters. The maximum absolute atomic E-state index is 13.4. The molecule has 2 aromatic carbocycles. The number of ether oxygens (including phenoxy) is 1. The molecule has 1 aromatic heterocycles. The van der Waals surface area contributed by atoms with Crippen molar-refractivity contribution in [2.45, 2.75) is 50.4 Å². The van der Waals surface area contributed by atoms with Crippen LogP contribution in [0.2, 0.25) is 0 Å². The number of hydrogen-bond donors (Lipinski definition) is 0. The molecule has 3 aromatic rings. The van der Waals surface area contributed by atoms with Gasteiger partial charge in [0, 0.05) is 18.2 Å². The number of hydrogen-bond acceptors (Lipinski definition) is 5. The monoisotopic (exact) mass is 437 g/mol. The van der Waals surface area contributed by atoms with E-state index in [4.69, 9.17) is 9.72 Å². The predicted octanol–water partition coefficient (Wildman–Crippen LogP) is 4.28. The Morgan fingerprint density at radius 1 is 1.13 bits per heavy atom. The van der Waals surface area contributed by atoms with Crippen molar-refractivity contribution in [3.63, 3.8) is 0 Å². The van der Waals surface area contributed by atoms with Gasteiger partial charge in [-0.3, -0.25) is 14.2 Å². The molecule has 4 rings (SSSR count). The van der Waals surface area contributed by atoms with Crippen LogP contribution >= 0.6 is 11.8 Å². The molecule has 1 aliphatic rings. The average Bonchev–Trinajstić information content (AvgIpc) is 2.77. The number of fused-ring (bicyclic) bond motifs is 1. The van der Waals surface area contributed by atoms with E-state index in [0.29, 0.717) is 27.5 Å². The van der Waals surface area contributed by atoms with E-state index in [9.17, 15) is 9.59 Å². The molecule has 31 heavy (non-hydrogen) atoms. The summed E-state index contributed by atoms with van der Waals surface area (Å²) in [4.78, 5) is 33.2. The number of methoxy groups -OCH3 is 1. The van der Waals surface area contributed by atoms with Crippen LogP contribution in [0.1, 0.15) is 33.1 Å². The van der Waals surface area contributed by atoms with Gasteiger partial charge in [-0.1, -0.05) is 30.0 Å². The maximum atomic E-state index is 13.4. The predicted molar refractivity (Wildman–Crippen MR) is 124 cm³/mol. The van der Waals surface area contributed by atoms with E-state index in [1.165, 1.54) is 11.8 Å². The maximum Gasteiger partial charge on any atom is 0.266 e. The standard InChI is InChI=1S/C24H27N3O3S/c1-16-8-6-9-17(2)26(16)22(28)15-31-24-25-21-13-5-4-12-20(21)23(29)27(24)18-10-7-11-19(14-18)30-3/h4-5,7,10-14,16-17H,6,8-9,15H2,1-3H3. The zero-order valence-corrected chi connectivity index (χ0v) is 18.9. The number of piperidine rings is 1. The number of nitrogens with zero attached hydrogens (tertiary/aromatic N) is 3. The van der Waals surface area contributed by atoms with Crippen molar-refractivity contribution in [3.8, 4) is 11.4 Å². The summed E-state index contributed by atoms with van der Waals surface area (Å²) < 4.78 is 6.92. The molecule has 2 heterocycles. The largest absolute Gasteiger partial charge is 0.497 e. The number of amides is 1. The molecule has 1 aliphatic heterocycles. The summed E-state index contributed by atoms with van der Waals surface area (Å²) in [6.07, 6.45) is 3.22. The molecule has 1 fully saturated rings. The number of carbonyl (C=O) groups is 1. The van der Waals surface area contributed by atoms with Gasteiger partial charge in [-0.05, 0) is 57.4 Å². The fourth-order valence-electron chi connectivity index (χ4n) is 4.30. The molecular weight excluding hydrogens is 410 g/mol. The summed E-state index contributed by atoms with van der Waals surface area (Å²) in [6, 6.07) is 15.1. The third kappa shape index (κ3) is 4.32. The highest BCUT2D eigenvalue weighted by Crippen LogP contribution is 2.27. The van der Waals surface area contributed by atoms with Gasteiger partial charge in [0.05, 0.1) is 29.5 Å². The van der Waals surface area contributed by atoms with Crippen LogP contribution in [-0.2, 0) is 4.79 Å². The Balaban J connectivity index is 1.72. The fourth-order valence-corrected chi connectivity index (χ4v) is 5.18. The third-order valence-electron chi connectivity index (χ3n) is 5.86. The quantitative estimate of drug-likeness (QED) is 0.440. The topological polar surface area (TPSA) is 64.4 Å². The first-order chi connectivity index (χ1) is 15.0. The smallest absolute Gasteiger partial charge is 0.266 e. The lowest BCUT2D eigenvalue weighted by atomic mass is 9.98. The molecule has 0 saturated carbocycles. The lowest BCUT2D eigenvalue weighted by Gasteiger charge is -2.39. The van der Waals surface area contributed by atoms with Gasteiger partial charge in [0.1, 0.15) is 5.75 Å². The molecule has 0 spiro atoms. The van der Waals surface area contributed by atoms with E-state index in [0.717, 1.165) is 19.3 Å². The van der Waals surface area contributed by atoms with Crippen LogP contribution in [0.5, 0.6) is 5.75 Å². The van der Waals surface area contributed by atoms with Gasteiger partial charge >= 0.3 is 0 Å². The molecule has 162 valence electrons. The Morgan fingerprint density at radius 3 is 2.61 bits per heavy atom. The highest BCUT2D eigenvalue weighted by atomic mass is 32.2. The van der Waals surface area contributed by atoms with E-state index in [-0.39, 0.29) is 29.3 Å². The van der Waals surface area contributed by atoms with Crippen molar-refractivity contribution in [2.75, 3.05) is 12.9 Å². The van der Waals surface area contributed by atoms with Gasteiger partial charge < -0.3 is 9.64 Å². The summed E-state index contributed by atoms with van der Waals surface area (Å²) in [5.41, 5.74) is 1.13. The number of thioether (sulfide) groups is 1. The number of aromatic nitrogens is 2. The van der Waals surface area contributed by atoms with Crippen molar-refractivity contribution in [1.82, 2.24) is 14.5 Å². The molecule has 0 radical (unpaired) electrons. The summed E-state index contributed by atoms with van der Waals surface area (Å²) in [7, 11) is 1.59. The minimum absolute atomic E-state index is 0.0873. The number of likely N-dealkylation sites (tertiary alicyclic amines) is 1. The van der Waals surface area contributed by atoms with Crippen LogP contribution < -0.4 is 10.3 Å². The van der Waals surface area contributed by atoms with Crippen LogP contribution in [0.15, 0.2) is 58.5 Å². The highest BCUT2D eigenvalue weighted by Gasteiger charge is 2.29. The Bertz CT molecular complexity index is 1150. The third-order valence-corrected chi connectivity index (χ3v) is 6.79. The average molecular weight is 438 g/mol. The van der Waals surface area contributed by atoms with Crippen LogP contribution in [0, 0.1) is 0 Å². The normalized spacial score (nSPS) is 18.9. The lowest BCUT2D eigenvalue weighted by Crippen LogP contribution is -2.48. The van der Waals surface area contributed by atoms with Crippen LogP contribution in [0.25, 0.3) is 16.6 Å². The minimum atomic E-state index is -0.159. The van der Waals surface area contributed by atoms with Crippen molar-refractivity contribution in [3.05, 3.63) is 58.9 Å². The highest BCUT2D eigenvalue weighted by molar-refractivity contribution is 7.99. The van der Waals surface area contributed by atoms with E-state index >= 15 is 0 Å². The van der Waals surface area contributed by atoms with Gasteiger partial charge in [0.25, 0.3) is 5.56 Å². The minimum Gasteiger partial charge on any atom is -0.497 e. The molecular formula is C24H27N3O3S. The van der Waals surface area contributed by atoms with E-state index < -0.39 is 0 Å². The fraction of sp³-hybridized carbons (Fsp3) is 0.375. The molecule has 0 N–H and O–H groups in total. The summed E-state index contributed by atoms with van der Waals surface area (Å²) in [6.45, 7) is 4.22. The number of para-hydroxylation sites is 1. The van der Waals surface area contributed by atoms with Crippen LogP contribution in [-0.4, -0.2) is 45.3 Å². The number of rotatable bonds is 5. The van der Waals surface area contributed by atoms with Crippen molar-refractivity contribution in [1.29, 1.82) is 0 Å². The van der Waals surface area contributed by atoms with Gasteiger partial charge in [0.15, 0.2) is 5.16 Å². The van der Waals surface area contributed by atoms with Crippen LogP contribution in [0.3, 0.4) is 0 Å². The molecule has 2 atom stereocenters. The molecule has 7 heteroatoms. The van der Waals surface area contributed by atoms with Crippen molar-refractivity contribution >= 4 is 28.6 Å².